The SMILES string of the molecule is O=C(Nc1ccc(Cl)c(S(=O)(=O)N2CCOCC2)c1)c1ccccc1SC(F)(F)F. The quantitative estimate of drug-likeness (QED) is 0.648. The first-order chi connectivity index (χ1) is 14.1. The summed E-state index contributed by atoms with van der Waals surface area (Å²) in [6, 6.07) is 9.13. The molecule has 30 heavy (non-hydrogen) atoms. The highest BCUT2D eigenvalue weighted by atomic mass is 35.5. The molecule has 0 bridgehead atoms. The maximum Gasteiger partial charge on any atom is 0.446 e. The van der Waals surface area contributed by atoms with Crippen molar-refractivity contribution < 1.29 is 31.1 Å². The average Bonchev–Trinajstić information content (AvgIpc) is 2.69. The molecule has 12 heteroatoms. The molecule has 3 rings (SSSR count). The van der Waals surface area contributed by atoms with E-state index >= 15 is 0 Å². The van der Waals surface area contributed by atoms with Crippen LogP contribution in [0.3, 0.4) is 0 Å². The zero-order valence-corrected chi connectivity index (χ0v) is 17.7. The van der Waals surface area contributed by atoms with E-state index in [1.807, 2.05) is 0 Å². The monoisotopic (exact) mass is 480 g/mol. The summed E-state index contributed by atoms with van der Waals surface area (Å²) in [6.07, 6.45) is 0. The lowest BCUT2D eigenvalue weighted by atomic mass is 10.2. The van der Waals surface area contributed by atoms with E-state index in [4.69, 9.17) is 16.3 Å². The number of thioether (sulfide) groups is 1. The number of amides is 1. The van der Waals surface area contributed by atoms with E-state index in [2.05, 4.69) is 5.32 Å². The van der Waals surface area contributed by atoms with Gasteiger partial charge in [0.05, 0.1) is 23.8 Å². The fourth-order valence-electron chi connectivity index (χ4n) is 2.77. The molecule has 0 unspecified atom stereocenters. The van der Waals surface area contributed by atoms with Gasteiger partial charge < -0.3 is 10.1 Å². The fraction of sp³-hybridized carbons (Fsp3) is 0.278. The molecule has 1 aliphatic heterocycles. The van der Waals surface area contributed by atoms with E-state index in [1.54, 1.807) is 0 Å². The van der Waals surface area contributed by atoms with Crippen molar-refractivity contribution in [1.29, 1.82) is 0 Å². The Hall–Kier alpha value is -1.79. The summed E-state index contributed by atoms with van der Waals surface area (Å²) < 4.78 is 70.4. The van der Waals surface area contributed by atoms with Crippen LogP contribution in [0.4, 0.5) is 18.9 Å². The highest BCUT2D eigenvalue weighted by Gasteiger charge is 2.32. The van der Waals surface area contributed by atoms with Gasteiger partial charge in [-0.2, -0.15) is 17.5 Å². The minimum absolute atomic E-state index is 0.0347. The molecule has 2 aromatic carbocycles. The predicted octanol–water partition coefficient (Wildman–Crippen LogP) is 4.23. The standard InChI is InChI=1S/C18H16ClF3N2O4S2/c19-14-6-5-12(11-16(14)30(26,27)24-7-9-28-10-8-24)23-17(25)13-3-1-2-4-15(13)29-18(20,21)22/h1-6,11H,7-10H2,(H,23,25). The first-order valence-corrected chi connectivity index (χ1v) is 11.2. The molecule has 1 saturated heterocycles. The summed E-state index contributed by atoms with van der Waals surface area (Å²) in [6.45, 7) is 0.830. The number of nitrogens with one attached hydrogen (secondary N) is 1. The van der Waals surface area contributed by atoms with Crippen LogP contribution in [0.2, 0.25) is 5.02 Å². The lowest BCUT2D eigenvalue weighted by Crippen LogP contribution is -2.40. The lowest BCUT2D eigenvalue weighted by Gasteiger charge is -2.26. The number of benzene rings is 2. The molecule has 1 aliphatic rings. The van der Waals surface area contributed by atoms with Crippen molar-refractivity contribution in [3.63, 3.8) is 0 Å². The first kappa shape index (κ1) is 22.9. The summed E-state index contributed by atoms with van der Waals surface area (Å²) >= 11 is 5.67. The van der Waals surface area contributed by atoms with Crippen LogP contribution in [-0.2, 0) is 14.8 Å². The van der Waals surface area contributed by atoms with Gasteiger partial charge in [-0.1, -0.05) is 23.7 Å². The summed E-state index contributed by atoms with van der Waals surface area (Å²) in [5, 5.41) is 2.41. The second kappa shape index (κ2) is 9.15. The smallest absolute Gasteiger partial charge is 0.379 e. The molecule has 0 radical (unpaired) electrons. The van der Waals surface area contributed by atoms with Crippen LogP contribution in [0.25, 0.3) is 0 Å². The largest absolute Gasteiger partial charge is 0.446 e. The molecule has 1 amide bonds. The maximum atomic E-state index is 12.9. The Morgan fingerprint density at radius 1 is 1.13 bits per heavy atom. The molecule has 0 aliphatic carbocycles. The molecule has 6 nitrogen and oxygen atoms in total. The number of carbonyl (C=O) groups is 1. The fourth-order valence-corrected chi connectivity index (χ4v) is 5.35. The van der Waals surface area contributed by atoms with Gasteiger partial charge in [0.25, 0.3) is 5.91 Å². The number of hydrogen-bond donors (Lipinski definition) is 1. The molecular weight excluding hydrogens is 465 g/mol. The van der Waals surface area contributed by atoms with Gasteiger partial charge in [-0.15, -0.1) is 0 Å². The van der Waals surface area contributed by atoms with E-state index in [0.29, 0.717) is 0 Å². The van der Waals surface area contributed by atoms with Crippen LogP contribution < -0.4 is 5.32 Å². The number of ether oxygens (including phenoxy) is 1. The highest BCUT2D eigenvalue weighted by Crippen LogP contribution is 2.38. The van der Waals surface area contributed by atoms with Crippen molar-refractivity contribution >= 4 is 45.0 Å². The third-order valence-corrected chi connectivity index (χ3v) is 7.32. The third kappa shape index (κ3) is 5.46. The first-order valence-electron chi connectivity index (χ1n) is 8.61. The number of hydrogen-bond acceptors (Lipinski definition) is 5. The van der Waals surface area contributed by atoms with E-state index in [9.17, 15) is 26.4 Å². The number of alkyl halides is 3. The van der Waals surface area contributed by atoms with Crippen LogP contribution in [-0.4, -0.2) is 50.4 Å². The number of sulfonamides is 1. The number of anilines is 1. The van der Waals surface area contributed by atoms with Crippen LogP contribution in [0.5, 0.6) is 0 Å². The number of halogens is 4. The highest BCUT2D eigenvalue weighted by molar-refractivity contribution is 8.00. The molecule has 0 aromatic heterocycles. The van der Waals surface area contributed by atoms with Crippen LogP contribution in [0.15, 0.2) is 52.3 Å². The second-order valence-corrected chi connectivity index (χ2v) is 9.58. The van der Waals surface area contributed by atoms with Gasteiger partial charge in [-0.05, 0) is 42.1 Å². The molecule has 1 fully saturated rings. The summed E-state index contributed by atoms with van der Waals surface area (Å²) in [4.78, 5) is 12.1. The van der Waals surface area contributed by atoms with Gasteiger partial charge in [0.15, 0.2) is 0 Å². The molecule has 0 saturated carbocycles. The molecule has 0 spiro atoms. The summed E-state index contributed by atoms with van der Waals surface area (Å²) in [5.74, 6) is -0.806. The van der Waals surface area contributed by atoms with Crippen molar-refractivity contribution in [1.82, 2.24) is 4.31 Å². The van der Waals surface area contributed by atoms with Gasteiger partial charge in [0.2, 0.25) is 10.0 Å². The maximum absolute atomic E-state index is 12.9. The van der Waals surface area contributed by atoms with Gasteiger partial charge in [-0.25, -0.2) is 8.42 Å². The third-order valence-electron chi connectivity index (χ3n) is 4.13. The zero-order chi connectivity index (χ0) is 21.9. The van der Waals surface area contributed by atoms with E-state index in [-0.39, 0.29) is 52.4 Å². The lowest BCUT2D eigenvalue weighted by molar-refractivity contribution is -0.0328. The number of rotatable bonds is 5. The van der Waals surface area contributed by atoms with Crippen molar-refractivity contribution in [3.05, 3.63) is 53.1 Å². The van der Waals surface area contributed by atoms with Gasteiger partial charge in [-0.3, -0.25) is 4.79 Å². The Kier molecular flexibility index (Phi) is 6.98. The molecule has 1 N–H and O–H groups in total. The Morgan fingerprint density at radius 2 is 1.80 bits per heavy atom. The van der Waals surface area contributed by atoms with Crippen molar-refractivity contribution in [2.45, 2.75) is 15.3 Å². The van der Waals surface area contributed by atoms with E-state index < -0.39 is 33.2 Å². The van der Waals surface area contributed by atoms with Crippen molar-refractivity contribution in [2.24, 2.45) is 0 Å². The van der Waals surface area contributed by atoms with E-state index in [1.165, 1.54) is 46.8 Å². The minimum atomic E-state index is -4.56. The topological polar surface area (TPSA) is 75.7 Å². The minimum Gasteiger partial charge on any atom is -0.379 e. The molecular formula is C18H16ClF3N2O4S2. The average molecular weight is 481 g/mol. The van der Waals surface area contributed by atoms with Gasteiger partial charge in [0.1, 0.15) is 4.90 Å². The van der Waals surface area contributed by atoms with Crippen molar-refractivity contribution in [3.8, 4) is 0 Å². The molecule has 162 valence electrons. The van der Waals surface area contributed by atoms with E-state index in [0.717, 1.165) is 0 Å². The van der Waals surface area contributed by atoms with Crippen LogP contribution in [0.1, 0.15) is 10.4 Å². The summed E-state index contributed by atoms with van der Waals surface area (Å²) in [7, 11) is -3.93. The van der Waals surface area contributed by atoms with Gasteiger partial charge in [0, 0.05) is 23.7 Å². The van der Waals surface area contributed by atoms with Gasteiger partial charge >= 0.3 is 5.51 Å². The zero-order valence-electron chi connectivity index (χ0n) is 15.3. The molecule has 1 heterocycles. The Bertz CT molecular complexity index is 1040. The Morgan fingerprint density at radius 3 is 2.47 bits per heavy atom. The number of carbonyl (C=O) groups excluding carboxylic acids is 1. The number of morpholine rings is 1. The molecule has 2 aromatic rings. The Labute approximate surface area is 180 Å². The second-order valence-electron chi connectivity index (χ2n) is 6.16. The Balaban J connectivity index is 1.87. The van der Waals surface area contributed by atoms with Crippen LogP contribution >= 0.6 is 23.4 Å². The summed E-state index contributed by atoms with van der Waals surface area (Å²) in [5.41, 5.74) is -4.66. The predicted molar refractivity (Wildman–Crippen MR) is 107 cm³/mol. The number of nitrogens with zero attached hydrogens (tertiary/aromatic N) is 1. The molecule has 0 atom stereocenters. The normalized spacial score (nSPS) is 15.7. The van der Waals surface area contributed by atoms with Crippen LogP contribution in [0, 0.1) is 0 Å². The van der Waals surface area contributed by atoms with Crippen molar-refractivity contribution in [2.75, 3.05) is 31.6 Å².